The summed E-state index contributed by atoms with van der Waals surface area (Å²) in [5.41, 5.74) is 2.55. The SMILES string of the molecule is Clc1ccc(N2CCNCC2c2ccc(Br)cc2)cc1. The van der Waals surface area contributed by atoms with E-state index >= 15 is 0 Å². The second-order valence-electron chi connectivity index (χ2n) is 4.94. The lowest BCUT2D eigenvalue weighted by Crippen LogP contribution is -2.46. The molecule has 0 aliphatic carbocycles. The second kappa shape index (κ2) is 6.17. The molecule has 1 unspecified atom stereocenters. The van der Waals surface area contributed by atoms with E-state index in [4.69, 9.17) is 11.6 Å². The van der Waals surface area contributed by atoms with Gasteiger partial charge in [-0.2, -0.15) is 0 Å². The monoisotopic (exact) mass is 350 g/mol. The molecule has 20 heavy (non-hydrogen) atoms. The van der Waals surface area contributed by atoms with E-state index in [0.717, 1.165) is 29.1 Å². The fourth-order valence-corrected chi connectivity index (χ4v) is 3.02. The summed E-state index contributed by atoms with van der Waals surface area (Å²) in [5.74, 6) is 0. The molecule has 0 spiro atoms. The van der Waals surface area contributed by atoms with Crippen LogP contribution < -0.4 is 10.2 Å². The van der Waals surface area contributed by atoms with Crippen LogP contribution in [-0.2, 0) is 0 Å². The van der Waals surface area contributed by atoms with Crippen molar-refractivity contribution < 1.29 is 0 Å². The first-order valence-corrected chi connectivity index (χ1v) is 7.89. The Kier molecular flexibility index (Phi) is 4.29. The number of anilines is 1. The van der Waals surface area contributed by atoms with Crippen molar-refractivity contribution in [2.75, 3.05) is 24.5 Å². The van der Waals surface area contributed by atoms with Crippen molar-refractivity contribution in [2.45, 2.75) is 6.04 Å². The number of nitrogens with zero attached hydrogens (tertiary/aromatic N) is 1. The van der Waals surface area contributed by atoms with E-state index in [-0.39, 0.29) is 0 Å². The molecule has 1 N–H and O–H groups in total. The Labute approximate surface area is 132 Å². The van der Waals surface area contributed by atoms with Crippen LogP contribution in [0.25, 0.3) is 0 Å². The van der Waals surface area contributed by atoms with Gasteiger partial charge in [0, 0.05) is 34.8 Å². The third-order valence-electron chi connectivity index (χ3n) is 3.66. The van der Waals surface area contributed by atoms with Gasteiger partial charge < -0.3 is 10.2 Å². The number of rotatable bonds is 2. The lowest BCUT2D eigenvalue weighted by molar-refractivity contribution is 0.490. The predicted octanol–water partition coefficient (Wildman–Crippen LogP) is 4.25. The maximum Gasteiger partial charge on any atom is 0.0667 e. The van der Waals surface area contributed by atoms with Crippen LogP contribution in [0.3, 0.4) is 0 Å². The zero-order valence-corrected chi connectivity index (χ0v) is 13.4. The summed E-state index contributed by atoms with van der Waals surface area (Å²) in [5, 5.41) is 4.26. The van der Waals surface area contributed by atoms with Gasteiger partial charge in [-0.1, -0.05) is 39.7 Å². The highest BCUT2D eigenvalue weighted by Crippen LogP contribution is 2.29. The summed E-state index contributed by atoms with van der Waals surface area (Å²) in [4.78, 5) is 2.44. The molecule has 1 heterocycles. The Morgan fingerprint density at radius 1 is 1.05 bits per heavy atom. The van der Waals surface area contributed by atoms with Crippen molar-refractivity contribution in [3.63, 3.8) is 0 Å². The van der Waals surface area contributed by atoms with Crippen molar-refractivity contribution in [3.05, 3.63) is 63.6 Å². The minimum absolute atomic E-state index is 0.359. The van der Waals surface area contributed by atoms with Crippen LogP contribution >= 0.6 is 27.5 Å². The normalized spacial score (nSPS) is 19.1. The highest BCUT2D eigenvalue weighted by Gasteiger charge is 2.23. The van der Waals surface area contributed by atoms with E-state index in [1.165, 1.54) is 11.3 Å². The quantitative estimate of drug-likeness (QED) is 0.870. The van der Waals surface area contributed by atoms with Gasteiger partial charge in [-0.05, 0) is 42.0 Å². The van der Waals surface area contributed by atoms with E-state index in [1.54, 1.807) is 0 Å². The van der Waals surface area contributed by atoms with E-state index in [0.29, 0.717) is 6.04 Å². The average Bonchev–Trinajstić information content (AvgIpc) is 2.49. The van der Waals surface area contributed by atoms with Gasteiger partial charge in [0.05, 0.1) is 6.04 Å². The summed E-state index contributed by atoms with van der Waals surface area (Å²) < 4.78 is 1.11. The van der Waals surface area contributed by atoms with Crippen LogP contribution in [0.1, 0.15) is 11.6 Å². The molecule has 104 valence electrons. The Morgan fingerprint density at radius 3 is 2.45 bits per heavy atom. The molecule has 4 heteroatoms. The van der Waals surface area contributed by atoms with Crippen LogP contribution in [0.2, 0.25) is 5.02 Å². The van der Waals surface area contributed by atoms with Gasteiger partial charge >= 0.3 is 0 Å². The minimum atomic E-state index is 0.359. The van der Waals surface area contributed by atoms with Gasteiger partial charge in [-0.3, -0.25) is 0 Å². The van der Waals surface area contributed by atoms with Gasteiger partial charge in [0.25, 0.3) is 0 Å². The third-order valence-corrected chi connectivity index (χ3v) is 4.44. The zero-order valence-electron chi connectivity index (χ0n) is 11.0. The molecule has 1 saturated heterocycles. The highest BCUT2D eigenvalue weighted by molar-refractivity contribution is 9.10. The Balaban J connectivity index is 1.90. The summed E-state index contributed by atoms with van der Waals surface area (Å²) in [7, 11) is 0. The fourth-order valence-electron chi connectivity index (χ4n) is 2.63. The van der Waals surface area contributed by atoms with Crippen molar-refractivity contribution >= 4 is 33.2 Å². The molecule has 2 nitrogen and oxygen atoms in total. The number of hydrogen-bond acceptors (Lipinski definition) is 2. The van der Waals surface area contributed by atoms with Gasteiger partial charge in [-0.25, -0.2) is 0 Å². The molecular formula is C16H16BrClN2. The molecule has 0 amide bonds. The molecule has 2 aromatic carbocycles. The van der Waals surface area contributed by atoms with Crippen LogP contribution in [-0.4, -0.2) is 19.6 Å². The van der Waals surface area contributed by atoms with Gasteiger partial charge in [0.1, 0.15) is 0 Å². The molecule has 0 aromatic heterocycles. The smallest absolute Gasteiger partial charge is 0.0667 e. The molecule has 1 aliphatic heterocycles. The Morgan fingerprint density at radius 2 is 1.75 bits per heavy atom. The van der Waals surface area contributed by atoms with E-state index in [2.05, 4.69) is 62.5 Å². The number of benzene rings is 2. The van der Waals surface area contributed by atoms with Crippen LogP contribution in [0.15, 0.2) is 53.0 Å². The standard InChI is InChI=1S/C16H16BrClN2/c17-13-3-1-12(2-4-13)16-11-19-9-10-20(16)15-7-5-14(18)6-8-15/h1-8,16,19H,9-11H2. The molecular weight excluding hydrogens is 336 g/mol. The number of hydrogen-bond donors (Lipinski definition) is 1. The summed E-state index contributed by atoms with van der Waals surface area (Å²) in [6.07, 6.45) is 0. The van der Waals surface area contributed by atoms with E-state index in [1.807, 2.05) is 12.1 Å². The fraction of sp³-hybridized carbons (Fsp3) is 0.250. The second-order valence-corrected chi connectivity index (χ2v) is 6.29. The number of halogens is 2. The molecule has 3 rings (SSSR count). The first kappa shape index (κ1) is 13.9. The highest BCUT2D eigenvalue weighted by atomic mass is 79.9. The first-order chi connectivity index (χ1) is 9.74. The third kappa shape index (κ3) is 3.00. The van der Waals surface area contributed by atoms with Gasteiger partial charge in [0.2, 0.25) is 0 Å². The number of nitrogens with one attached hydrogen (secondary N) is 1. The topological polar surface area (TPSA) is 15.3 Å². The molecule has 1 atom stereocenters. The molecule has 1 aliphatic rings. The van der Waals surface area contributed by atoms with Crippen molar-refractivity contribution in [1.82, 2.24) is 5.32 Å². The Bertz CT molecular complexity index is 515. The maximum absolute atomic E-state index is 5.99. The first-order valence-electron chi connectivity index (χ1n) is 6.72. The summed E-state index contributed by atoms with van der Waals surface area (Å²) in [6.45, 7) is 2.97. The lowest BCUT2D eigenvalue weighted by atomic mass is 10.0. The zero-order chi connectivity index (χ0) is 13.9. The van der Waals surface area contributed by atoms with E-state index in [9.17, 15) is 0 Å². The van der Waals surface area contributed by atoms with Crippen LogP contribution in [0.5, 0.6) is 0 Å². The minimum Gasteiger partial charge on any atom is -0.362 e. The van der Waals surface area contributed by atoms with Crippen molar-refractivity contribution in [1.29, 1.82) is 0 Å². The molecule has 1 fully saturated rings. The lowest BCUT2D eigenvalue weighted by Gasteiger charge is -2.38. The van der Waals surface area contributed by atoms with Crippen molar-refractivity contribution in [3.8, 4) is 0 Å². The van der Waals surface area contributed by atoms with Gasteiger partial charge in [0.15, 0.2) is 0 Å². The maximum atomic E-state index is 5.99. The van der Waals surface area contributed by atoms with Gasteiger partial charge in [-0.15, -0.1) is 0 Å². The molecule has 0 radical (unpaired) electrons. The average molecular weight is 352 g/mol. The summed E-state index contributed by atoms with van der Waals surface area (Å²) >= 11 is 9.48. The molecule has 2 aromatic rings. The van der Waals surface area contributed by atoms with Crippen LogP contribution in [0.4, 0.5) is 5.69 Å². The van der Waals surface area contributed by atoms with Crippen LogP contribution in [0, 0.1) is 0 Å². The summed E-state index contributed by atoms with van der Waals surface area (Å²) in [6, 6.07) is 17.0. The number of piperazine rings is 1. The molecule has 0 bridgehead atoms. The Hall–Kier alpha value is -1.03. The van der Waals surface area contributed by atoms with E-state index < -0.39 is 0 Å². The largest absolute Gasteiger partial charge is 0.362 e. The molecule has 0 saturated carbocycles. The predicted molar refractivity (Wildman–Crippen MR) is 88.6 cm³/mol. The van der Waals surface area contributed by atoms with Crippen molar-refractivity contribution in [2.24, 2.45) is 0 Å².